The van der Waals surface area contributed by atoms with Crippen LogP contribution in [0.1, 0.15) is 55.9 Å². The molecule has 1 aromatic rings. The highest BCUT2D eigenvalue weighted by molar-refractivity contribution is 6.03. The number of carbonyl (C=O) groups excluding carboxylic acids is 2. The molecular formula is C21H28N4O4. The fourth-order valence-corrected chi connectivity index (χ4v) is 5.08. The molecule has 4 rings (SSSR count). The van der Waals surface area contributed by atoms with Gasteiger partial charge in [0, 0.05) is 18.8 Å². The quantitative estimate of drug-likeness (QED) is 0.635. The van der Waals surface area contributed by atoms with Gasteiger partial charge < -0.3 is 15.7 Å². The van der Waals surface area contributed by atoms with Crippen molar-refractivity contribution in [2.24, 2.45) is 23.7 Å². The van der Waals surface area contributed by atoms with E-state index in [9.17, 15) is 19.5 Å². The molecular weight excluding hydrogens is 372 g/mol. The van der Waals surface area contributed by atoms with E-state index in [2.05, 4.69) is 15.7 Å². The van der Waals surface area contributed by atoms with Gasteiger partial charge in [0.15, 0.2) is 5.69 Å². The number of hydrogen-bond acceptors (Lipinski definition) is 4. The summed E-state index contributed by atoms with van der Waals surface area (Å²) in [5, 5.41) is 19.8. The summed E-state index contributed by atoms with van der Waals surface area (Å²) in [4.78, 5) is 37.5. The van der Waals surface area contributed by atoms with Gasteiger partial charge >= 0.3 is 5.97 Å². The molecule has 2 fully saturated rings. The van der Waals surface area contributed by atoms with Crippen LogP contribution in [0.4, 0.5) is 5.69 Å². The van der Waals surface area contributed by atoms with Crippen molar-refractivity contribution in [2.75, 3.05) is 5.32 Å². The molecule has 8 nitrogen and oxygen atoms in total. The van der Waals surface area contributed by atoms with E-state index in [1.54, 1.807) is 10.9 Å². The zero-order valence-corrected chi connectivity index (χ0v) is 16.6. The van der Waals surface area contributed by atoms with Crippen molar-refractivity contribution in [1.82, 2.24) is 15.1 Å². The molecule has 4 atom stereocenters. The second kappa shape index (κ2) is 8.00. The Hall–Kier alpha value is -2.64. The summed E-state index contributed by atoms with van der Waals surface area (Å²) in [5.41, 5.74) is 0.539. The fourth-order valence-electron chi connectivity index (χ4n) is 5.08. The normalized spacial score (nSPS) is 28.4. The standard InChI is InChI=1S/C21H28N4O4/c1-2-25-11-15(18(24-25)20(27)22-14-6-4-3-5-7-14)23-19(26)16-12-8-9-13(10-12)17(16)21(28)29/h8-9,11-14,16-17H,2-7,10H2,1H3,(H,22,27)(H,23,26)(H,28,29)/t12-,13-,16-,17-/m0/s1. The van der Waals surface area contributed by atoms with Gasteiger partial charge in [-0.3, -0.25) is 19.1 Å². The summed E-state index contributed by atoms with van der Waals surface area (Å²) >= 11 is 0. The fraction of sp³-hybridized carbons (Fsp3) is 0.619. The molecule has 29 heavy (non-hydrogen) atoms. The molecule has 0 saturated heterocycles. The average molecular weight is 400 g/mol. The number of carboxylic acid groups (broad SMARTS) is 1. The number of hydrogen-bond donors (Lipinski definition) is 3. The van der Waals surface area contributed by atoms with Crippen molar-refractivity contribution in [3.63, 3.8) is 0 Å². The molecule has 0 spiro atoms. The highest BCUT2D eigenvalue weighted by Gasteiger charge is 2.51. The minimum absolute atomic E-state index is 0.0677. The highest BCUT2D eigenvalue weighted by Crippen LogP contribution is 2.48. The van der Waals surface area contributed by atoms with Gasteiger partial charge in [-0.15, -0.1) is 0 Å². The number of nitrogens with one attached hydrogen (secondary N) is 2. The van der Waals surface area contributed by atoms with Crippen LogP contribution >= 0.6 is 0 Å². The Bertz CT molecular complexity index is 840. The largest absolute Gasteiger partial charge is 0.481 e. The van der Waals surface area contributed by atoms with Crippen LogP contribution in [0.5, 0.6) is 0 Å². The van der Waals surface area contributed by atoms with Crippen LogP contribution in [-0.4, -0.2) is 38.7 Å². The molecule has 1 aromatic heterocycles. The van der Waals surface area contributed by atoms with E-state index in [4.69, 9.17) is 0 Å². The minimum atomic E-state index is -0.943. The first-order valence-electron chi connectivity index (χ1n) is 10.6. The molecule has 8 heteroatoms. The predicted molar refractivity (Wildman–Crippen MR) is 106 cm³/mol. The monoisotopic (exact) mass is 400 g/mol. The first kappa shape index (κ1) is 19.7. The topological polar surface area (TPSA) is 113 Å². The summed E-state index contributed by atoms with van der Waals surface area (Å²) in [5.74, 6) is -3.09. The van der Waals surface area contributed by atoms with Gasteiger partial charge in [-0.05, 0) is 38.0 Å². The van der Waals surface area contributed by atoms with Gasteiger partial charge in [-0.1, -0.05) is 31.4 Å². The maximum Gasteiger partial charge on any atom is 0.307 e. The number of aliphatic carboxylic acids is 1. The van der Waals surface area contributed by atoms with Crippen LogP contribution in [-0.2, 0) is 16.1 Å². The number of allylic oxidation sites excluding steroid dienone is 2. The zero-order valence-electron chi connectivity index (χ0n) is 16.6. The molecule has 0 aromatic carbocycles. The van der Waals surface area contributed by atoms with Gasteiger partial charge in [0.25, 0.3) is 5.91 Å². The van der Waals surface area contributed by atoms with Crippen LogP contribution in [0.3, 0.4) is 0 Å². The lowest BCUT2D eigenvalue weighted by Gasteiger charge is -2.24. The van der Waals surface area contributed by atoms with Crippen LogP contribution in [0, 0.1) is 23.7 Å². The molecule has 0 radical (unpaired) electrons. The highest BCUT2D eigenvalue weighted by atomic mass is 16.4. The maximum absolute atomic E-state index is 13.0. The number of amides is 2. The summed E-state index contributed by atoms with van der Waals surface area (Å²) in [6, 6.07) is 0.138. The van der Waals surface area contributed by atoms with Crippen LogP contribution in [0.15, 0.2) is 18.3 Å². The molecule has 2 amide bonds. The van der Waals surface area contributed by atoms with Gasteiger partial charge in [0.05, 0.1) is 17.5 Å². The Kier molecular flexibility index (Phi) is 5.43. The zero-order chi connectivity index (χ0) is 20.5. The first-order chi connectivity index (χ1) is 14.0. The Morgan fingerprint density at radius 1 is 1.14 bits per heavy atom. The lowest BCUT2D eigenvalue weighted by molar-refractivity contribution is -0.146. The van der Waals surface area contributed by atoms with Gasteiger partial charge in [0.2, 0.25) is 5.91 Å². The SMILES string of the molecule is CCn1cc(NC(=O)[C@@H]2[C@@H](C(=O)O)[C@H]3C=C[C@H]2C3)c(C(=O)NC2CCCCC2)n1. The summed E-state index contributed by atoms with van der Waals surface area (Å²) < 4.78 is 1.61. The lowest BCUT2D eigenvalue weighted by atomic mass is 9.82. The smallest absolute Gasteiger partial charge is 0.307 e. The van der Waals surface area contributed by atoms with E-state index < -0.39 is 17.8 Å². The number of carboxylic acids is 1. The van der Waals surface area contributed by atoms with Gasteiger partial charge in [0.1, 0.15) is 0 Å². The molecule has 3 aliphatic rings. The molecule has 2 saturated carbocycles. The average Bonchev–Trinajstić information content (AvgIpc) is 3.42. The van der Waals surface area contributed by atoms with E-state index in [0.717, 1.165) is 25.7 Å². The molecule has 3 aliphatic carbocycles. The third kappa shape index (κ3) is 3.80. The number of fused-ring (bicyclic) bond motifs is 2. The van der Waals surface area contributed by atoms with Crippen molar-refractivity contribution >= 4 is 23.5 Å². The number of aromatic nitrogens is 2. The molecule has 156 valence electrons. The number of rotatable bonds is 6. The van der Waals surface area contributed by atoms with Crippen LogP contribution in [0.2, 0.25) is 0 Å². The second-order valence-corrected chi connectivity index (χ2v) is 8.38. The van der Waals surface area contributed by atoms with Gasteiger partial charge in [-0.2, -0.15) is 5.10 Å². The van der Waals surface area contributed by atoms with E-state index in [1.807, 2.05) is 19.1 Å². The van der Waals surface area contributed by atoms with Crippen molar-refractivity contribution in [3.05, 3.63) is 24.0 Å². The van der Waals surface area contributed by atoms with E-state index in [-0.39, 0.29) is 35.4 Å². The maximum atomic E-state index is 13.0. The molecule has 0 aliphatic heterocycles. The molecule has 1 heterocycles. The Labute approximate surface area is 169 Å². The number of carbonyl (C=O) groups is 3. The van der Waals surface area contributed by atoms with Crippen molar-refractivity contribution in [3.8, 4) is 0 Å². The van der Waals surface area contributed by atoms with Crippen molar-refractivity contribution in [2.45, 2.75) is 58.0 Å². The third-order valence-corrected chi connectivity index (χ3v) is 6.55. The minimum Gasteiger partial charge on any atom is -0.481 e. The Balaban J connectivity index is 1.51. The second-order valence-electron chi connectivity index (χ2n) is 8.38. The predicted octanol–water partition coefficient (Wildman–Crippen LogP) is 2.43. The third-order valence-electron chi connectivity index (χ3n) is 6.55. The van der Waals surface area contributed by atoms with Gasteiger partial charge in [-0.25, -0.2) is 0 Å². The molecule has 3 N–H and O–H groups in total. The summed E-state index contributed by atoms with van der Waals surface area (Å²) in [6.45, 7) is 2.47. The van der Waals surface area contributed by atoms with Crippen LogP contribution in [0.25, 0.3) is 0 Å². The van der Waals surface area contributed by atoms with Crippen molar-refractivity contribution in [1.29, 1.82) is 0 Å². The Morgan fingerprint density at radius 2 is 1.83 bits per heavy atom. The van der Waals surface area contributed by atoms with E-state index in [1.165, 1.54) is 6.42 Å². The molecule has 2 bridgehead atoms. The number of nitrogens with zero attached hydrogens (tertiary/aromatic N) is 2. The molecule has 0 unspecified atom stereocenters. The summed E-state index contributed by atoms with van der Waals surface area (Å²) in [6.07, 6.45) is 11.5. The van der Waals surface area contributed by atoms with E-state index >= 15 is 0 Å². The summed E-state index contributed by atoms with van der Waals surface area (Å²) in [7, 11) is 0. The Morgan fingerprint density at radius 3 is 2.48 bits per heavy atom. The van der Waals surface area contributed by atoms with Crippen molar-refractivity contribution < 1.29 is 19.5 Å². The van der Waals surface area contributed by atoms with Crippen LogP contribution < -0.4 is 10.6 Å². The lowest BCUT2D eigenvalue weighted by Crippen LogP contribution is -2.38. The number of aryl methyl sites for hydroxylation is 1. The number of anilines is 1. The first-order valence-corrected chi connectivity index (χ1v) is 10.6. The van der Waals surface area contributed by atoms with E-state index in [0.29, 0.717) is 18.7 Å².